The zero-order valence-electron chi connectivity index (χ0n) is 5.78. The molecule has 0 aromatic heterocycles. The molecule has 11 heavy (non-hydrogen) atoms. The summed E-state index contributed by atoms with van der Waals surface area (Å²) in [6.07, 6.45) is -0.220. The molecule has 0 rings (SSSR count). The molecule has 0 amide bonds. The lowest BCUT2D eigenvalue weighted by Gasteiger charge is -2.07. The molecule has 0 heterocycles. The van der Waals surface area contributed by atoms with Crippen molar-refractivity contribution in [2.45, 2.75) is 18.9 Å². The average Bonchev–Trinajstić information content (AvgIpc) is 1.87. The number of hydrogen-bond acceptors (Lipinski definition) is 4. The molecular weight excluding hydrogens is 152 g/mol. The van der Waals surface area contributed by atoms with Crippen molar-refractivity contribution in [3.63, 3.8) is 0 Å². The lowest BCUT2D eigenvalue weighted by molar-refractivity contribution is -0.140. The summed E-state index contributed by atoms with van der Waals surface area (Å²) < 4.78 is 0. The zero-order valence-corrected chi connectivity index (χ0v) is 5.78. The Hall–Kier alpha value is -1.14. The molecule has 1 atom stereocenters. The lowest BCUT2D eigenvalue weighted by Crippen LogP contribution is -2.41. The number of hydrazine groups is 1. The molecule has 0 saturated heterocycles. The first-order valence-electron chi connectivity index (χ1n) is 2.98. The van der Waals surface area contributed by atoms with Crippen LogP contribution in [-0.4, -0.2) is 28.2 Å². The van der Waals surface area contributed by atoms with Gasteiger partial charge in [-0.3, -0.25) is 15.4 Å². The lowest BCUT2D eigenvalue weighted by atomic mass is 10.2. The van der Waals surface area contributed by atoms with Gasteiger partial charge in [0.05, 0.1) is 0 Å². The van der Waals surface area contributed by atoms with Crippen LogP contribution >= 0.6 is 0 Å². The fraction of sp³-hybridized carbons (Fsp3) is 0.600. The first kappa shape index (κ1) is 9.86. The SMILES string of the molecule is NN[C@@H](CCC(=O)O)C(=O)O. The van der Waals surface area contributed by atoms with Gasteiger partial charge in [-0.15, -0.1) is 0 Å². The van der Waals surface area contributed by atoms with Crippen molar-refractivity contribution in [2.75, 3.05) is 0 Å². The van der Waals surface area contributed by atoms with E-state index in [4.69, 9.17) is 16.1 Å². The quantitative estimate of drug-likeness (QED) is 0.297. The van der Waals surface area contributed by atoms with Crippen LogP contribution in [0, 0.1) is 0 Å². The minimum atomic E-state index is -1.14. The summed E-state index contributed by atoms with van der Waals surface area (Å²) in [7, 11) is 0. The molecule has 0 radical (unpaired) electrons. The van der Waals surface area contributed by atoms with E-state index in [0.717, 1.165) is 0 Å². The molecule has 0 aromatic rings. The highest BCUT2D eigenvalue weighted by atomic mass is 16.4. The van der Waals surface area contributed by atoms with Crippen LogP contribution in [0.1, 0.15) is 12.8 Å². The van der Waals surface area contributed by atoms with E-state index >= 15 is 0 Å². The van der Waals surface area contributed by atoms with Gasteiger partial charge in [0.15, 0.2) is 0 Å². The fourth-order valence-corrected chi connectivity index (χ4v) is 0.546. The molecule has 5 N–H and O–H groups in total. The Morgan fingerprint density at radius 1 is 1.45 bits per heavy atom. The third kappa shape index (κ3) is 4.29. The van der Waals surface area contributed by atoms with E-state index in [9.17, 15) is 9.59 Å². The normalized spacial score (nSPS) is 12.5. The van der Waals surface area contributed by atoms with E-state index in [0.29, 0.717) is 0 Å². The third-order valence-electron chi connectivity index (χ3n) is 1.15. The minimum Gasteiger partial charge on any atom is -0.481 e. The number of hydrogen-bond donors (Lipinski definition) is 4. The summed E-state index contributed by atoms with van der Waals surface area (Å²) >= 11 is 0. The summed E-state index contributed by atoms with van der Waals surface area (Å²) in [5.74, 6) is 2.66. The van der Waals surface area contributed by atoms with Crippen LogP contribution in [0.4, 0.5) is 0 Å². The number of carboxylic acids is 2. The van der Waals surface area contributed by atoms with E-state index in [1.54, 1.807) is 0 Å². The Kier molecular flexibility index (Phi) is 4.16. The molecule has 0 saturated carbocycles. The fourth-order valence-electron chi connectivity index (χ4n) is 0.546. The molecule has 6 nitrogen and oxygen atoms in total. The second-order valence-electron chi connectivity index (χ2n) is 1.99. The van der Waals surface area contributed by atoms with E-state index < -0.39 is 18.0 Å². The van der Waals surface area contributed by atoms with Crippen LogP contribution in [0.5, 0.6) is 0 Å². The largest absolute Gasteiger partial charge is 0.481 e. The third-order valence-corrected chi connectivity index (χ3v) is 1.15. The van der Waals surface area contributed by atoms with Crippen LogP contribution in [-0.2, 0) is 9.59 Å². The van der Waals surface area contributed by atoms with Gasteiger partial charge in [-0.25, -0.2) is 5.43 Å². The minimum absolute atomic E-state index is 0.0127. The maximum Gasteiger partial charge on any atom is 0.322 e. The number of carboxylic acid groups (broad SMARTS) is 2. The highest BCUT2D eigenvalue weighted by Crippen LogP contribution is 1.95. The first-order valence-corrected chi connectivity index (χ1v) is 2.98. The zero-order chi connectivity index (χ0) is 8.85. The predicted octanol–water partition coefficient (Wildman–Crippen LogP) is -1.23. The first-order chi connectivity index (χ1) is 5.07. The Bertz CT molecular complexity index is 159. The van der Waals surface area contributed by atoms with E-state index in [1.807, 2.05) is 5.43 Å². The van der Waals surface area contributed by atoms with Gasteiger partial charge in [0.2, 0.25) is 0 Å². The molecule has 6 heteroatoms. The Labute approximate surface area is 63.0 Å². The molecule has 0 unspecified atom stereocenters. The van der Waals surface area contributed by atoms with Gasteiger partial charge in [-0.05, 0) is 6.42 Å². The van der Waals surface area contributed by atoms with Gasteiger partial charge in [0.25, 0.3) is 0 Å². The van der Waals surface area contributed by atoms with Crippen molar-refractivity contribution in [2.24, 2.45) is 5.84 Å². The topological polar surface area (TPSA) is 113 Å². The summed E-state index contributed by atoms with van der Waals surface area (Å²) in [5, 5.41) is 16.5. The van der Waals surface area contributed by atoms with Crippen molar-refractivity contribution in [3.8, 4) is 0 Å². The molecule has 0 aliphatic rings. The van der Waals surface area contributed by atoms with E-state index in [-0.39, 0.29) is 12.8 Å². The van der Waals surface area contributed by atoms with Gasteiger partial charge < -0.3 is 10.2 Å². The number of rotatable bonds is 5. The monoisotopic (exact) mass is 162 g/mol. The van der Waals surface area contributed by atoms with Crippen molar-refractivity contribution in [1.82, 2.24) is 5.43 Å². The smallest absolute Gasteiger partial charge is 0.322 e. The van der Waals surface area contributed by atoms with E-state index in [1.165, 1.54) is 0 Å². The van der Waals surface area contributed by atoms with Crippen LogP contribution < -0.4 is 11.3 Å². The van der Waals surface area contributed by atoms with Gasteiger partial charge in [0, 0.05) is 6.42 Å². The maximum atomic E-state index is 10.2. The summed E-state index contributed by atoms with van der Waals surface area (Å²) in [4.78, 5) is 20.2. The number of carbonyl (C=O) groups is 2. The molecule has 0 spiro atoms. The van der Waals surface area contributed by atoms with Crippen LogP contribution in [0.2, 0.25) is 0 Å². The summed E-state index contributed by atoms with van der Waals surface area (Å²) in [6, 6.07) is -0.980. The molecule has 64 valence electrons. The molecule has 0 fully saturated rings. The molecular formula is C5H10N2O4. The number of nitrogens with one attached hydrogen (secondary N) is 1. The molecule has 0 aliphatic heterocycles. The predicted molar refractivity (Wildman–Crippen MR) is 35.6 cm³/mol. The highest BCUT2D eigenvalue weighted by Gasteiger charge is 2.15. The van der Waals surface area contributed by atoms with Crippen molar-refractivity contribution in [3.05, 3.63) is 0 Å². The van der Waals surface area contributed by atoms with Gasteiger partial charge in [-0.2, -0.15) is 0 Å². The Balaban J connectivity index is 3.70. The molecule has 0 aliphatic carbocycles. The summed E-state index contributed by atoms with van der Waals surface area (Å²) in [5.41, 5.74) is 1.99. The van der Waals surface area contributed by atoms with Crippen LogP contribution in [0.3, 0.4) is 0 Å². The van der Waals surface area contributed by atoms with Gasteiger partial charge in [-0.1, -0.05) is 0 Å². The average molecular weight is 162 g/mol. The standard InChI is InChI=1S/C5H10N2O4/c6-7-3(5(10)11)1-2-4(8)9/h3,7H,1-2,6H2,(H,8,9)(H,10,11)/t3-/m0/s1. The van der Waals surface area contributed by atoms with Gasteiger partial charge in [0.1, 0.15) is 6.04 Å². The second kappa shape index (κ2) is 4.64. The highest BCUT2D eigenvalue weighted by molar-refractivity contribution is 5.74. The van der Waals surface area contributed by atoms with Crippen molar-refractivity contribution < 1.29 is 19.8 Å². The Morgan fingerprint density at radius 3 is 2.27 bits per heavy atom. The van der Waals surface area contributed by atoms with Gasteiger partial charge >= 0.3 is 11.9 Å². The van der Waals surface area contributed by atoms with Crippen LogP contribution in [0.15, 0.2) is 0 Å². The van der Waals surface area contributed by atoms with E-state index in [2.05, 4.69) is 0 Å². The maximum absolute atomic E-state index is 10.2. The van der Waals surface area contributed by atoms with Crippen molar-refractivity contribution in [1.29, 1.82) is 0 Å². The van der Waals surface area contributed by atoms with Crippen LogP contribution in [0.25, 0.3) is 0 Å². The second-order valence-corrected chi connectivity index (χ2v) is 1.99. The number of nitrogens with two attached hydrogens (primary N) is 1. The number of aliphatic carboxylic acids is 2. The molecule has 0 bridgehead atoms. The van der Waals surface area contributed by atoms with Crippen molar-refractivity contribution >= 4 is 11.9 Å². The molecule has 0 aromatic carbocycles. The Morgan fingerprint density at radius 2 is 2.00 bits per heavy atom. The summed E-state index contributed by atoms with van der Waals surface area (Å²) in [6.45, 7) is 0.